The number of rotatable bonds is 1. The second-order valence-corrected chi connectivity index (χ2v) is 3.63. The summed E-state index contributed by atoms with van der Waals surface area (Å²) >= 11 is 0. The molecule has 12 heavy (non-hydrogen) atoms. The van der Waals surface area contributed by atoms with Gasteiger partial charge in [-0.25, -0.2) is 0 Å². The molecular weight excluding hydrogens is 154 g/mol. The van der Waals surface area contributed by atoms with Crippen LogP contribution >= 0.6 is 0 Å². The summed E-state index contributed by atoms with van der Waals surface area (Å²) in [7, 11) is 0. The first kappa shape index (κ1) is 9.26. The van der Waals surface area contributed by atoms with Gasteiger partial charge < -0.3 is 10.0 Å². The molecule has 0 unspecified atom stereocenters. The number of hydrogen-bond acceptors (Lipinski definition) is 2. The highest BCUT2D eigenvalue weighted by Crippen LogP contribution is 2.21. The van der Waals surface area contributed by atoms with Crippen LogP contribution in [0.4, 0.5) is 0 Å². The maximum Gasteiger partial charge on any atom is 0.249 e. The van der Waals surface area contributed by atoms with Crippen LogP contribution in [0.25, 0.3) is 0 Å². The van der Waals surface area contributed by atoms with Crippen molar-refractivity contribution in [2.24, 2.45) is 0 Å². The van der Waals surface area contributed by atoms with Crippen molar-refractivity contribution in [3.63, 3.8) is 0 Å². The summed E-state index contributed by atoms with van der Waals surface area (Å²) in [6.45, 7) is 6.27. The van der Waals surface area contributed by atoms with Gasteiger partial charge in [-0.3, -0.25) is 4.79 Å². The minimum absolute atomic E-state index is 0.0315. The summed E-state index contributed by atoms with van der Waals surface area (Å²) in [5.74, 6) is 0.0315. The van der Waals surface area contributed by atoms with Gasteiger partial charge >= 0.3 is 0 Å². The maximum absolute atomic E-state index is 11.4. The molecule has 1 amide bonds. The van der Waals surface area contributed by atoms with E-state index >= 15 is 0 Å². The van der Waals surface area contributed by atoms with Gasteiger partial charge in [0, 0.05) is 5.57 Å². The highest BCUT2D eigenvalue weighted by atomic mass is 16.3. The van der Waals surface area contributed by atoms with Crippen molar-refractivity contribution in [1.82, 2.24) is 4.90 Å². The lowest BCUT2D eigenvalue weighted by Gasteiger charge is -2.44. The lowest BCUT2D eigenvalue weighted by Crippen LogP contribution is -2.61. The normalized spacial score (nSPS) is 22.0. The zero-order valence-electron chi connectivity index (χ0n) is 7.79. The lowest BCUT2D eigenvalue weighted by atomic mass is 9.96. The Bertz CT molecular complexity index is 223. The molecule has 0 aromatic carbocycles. The Morgan fingerprint density at radius 1 is 1.58 bits per heavy atom. The largest absolute Gasteiger partial charge is 0.386 e. The third-order valence-electron chi connectivity index (χ3n) is 2.12. The van der Waals surface area contributed by atoms with Crippen LogP contribution in [0.1, 0.15) is 20.8 Å². The molecule has 0 aromatic rings. The van der Waals surface area contributed by atoms with Crippen LogP contribution in [0.5, 0.6) is 0 Å². The molecule has 1 heterocycles. The van der Waals surface area contributed by atoms with Crippen molar-refractivity contribution in [2.75, 3.05) is 13.1 Å². The maximum atomic E-state index is 11.4. The summed E-state index contributed by atoms with van der Waals surface area (Å²) in [6, 6.07) is 0. The van der Waals surface area contributed by atoms with E-state index < -0.39 is 5.60 Å². The van der Waals surface area contributed by atoms with E-state index in [1.165, 1.54) is 0 Å². The predicted molar refractivity (Wildman–Crippen MR) is 46.6 cm³/mol. The Hall–Kier alpha value is -0.830. The number of aliphatic hydroxyl groups is 1. The predicted octanol–water partition coefficient (Wildman–Crippen LogP) is 0.546. The standard InChI is InChI=1S/C9H15NO2/c1-4-7(2)8(11)10-5-9(3,12)6-10/h4,12H,5-6H2,1-3H3/b7-4-. The van der Waals surface area contributed by atoms with Crippen LogP contribution in [0.15, 0.2) is 11.6 Å². The number of nitrogens with zero attached hydrogens (tertiary/aromatic N) is 1. The minimum Gasteiger partial charge on any atom is -0.386 e. The number of hydrogen-bond donors (Lipinski definition) is 1. The number of carbonyl (C=O) groups excluding carboxylic acids is 1. The van der Waals surface area contributed by atoms with E-state index in [4.69, 9.17) is 0 Å². The summed E-state index contributed by atoms with van der Waals surface area (Å²) < 4.78 is 0. The molecular formula is C9H15NO2. The molecule has 1 N–H and O–H groups in total. The van der Waals surface area contributed by atoms with Crippen molar-refractivity contribution in [1.29, 1.82) is 0 Å². The van der Waals surface area contributed by atoms with E-state index in [1.807, 2.05) is 6.92 Å². The van der Waals surface area contributed by atoms with Crippen molar-refractivity contribution < 1.29 is 9.90 Å². The number of β-amino-alcohol motifs (C(OH)–C–C–N with tert-alkyl or cyclic N) is 1. The zero-order valence-corrected chi connectivity index (χ0v) is 7.79. The Kier molecular flexibility index (Phi) is 2.24. The number of amides is 1. The van der Waals surface area contributed by atoms with E-state index in [1.54, 1.807) is 24.8 Å². The van der Waals surface area contributed by atoms with Crippen LogP contribution in [-0.4, -0.2) is 34.6 Å². The van der Waals surface area contributed by atoms with E-state index in [0.717, 1.165) is 5.57 Å². The molecule has 3 heteroatoms. The van der Waals surface area contributed by atoms with E-state index in [2.05, 4.69) is 0 Å². The Morgan fingerprint density at radius 2 is 2.08 bits per heavy atom. The molecule has 0 aromatic heterocycles. The Morgan fingerprint density at radius 3 is 2.42 bits per heavy atom. The fraction of sp³-hybridized carbons (Fsp3) is 0.667. The van der Waals surface area contributed by atoms with E-state index in [9.17, 15) is 9.90 Å². The topological polar surface area (TPSA) is 40.5 Å². The minimum atomic E-state index is -0.663. The third kappa shape index (κ3) is 1.67. The lowest BCUT2D eigenvalue weighted by molar-refractivity contribution is -0.148. The first-order valence-electron chi connectivity index (χ1n) is 4.11. The molecule has 1 aliphatic heterocycles. The SMILES string of the molecule is C/C=C(/C)C(=O)N1CC(C)(O)C1. The number of likely N-dealkylation sites (tertiary alicyclic amines) is 1. The Labute approximate surface area is 72.7 Å². The van der Waals surface area contributed by atoms with Gasteiger partial charge in [-0.05, 0) is 20.8 Å². The van der Waals surface area contributed by atoms with Crippen LogP contribution < -0.4 is 0 Å². The molecule has 1 aliphatic rings. The highest BCUT2D eigenvalue weighted by molar-refractivity contribution is 5.93. The van der Waals surface area contributed by atoms with Gasteiger partial charge in [0.2, 0.25) is 5.91 Å². The average molecular weight is 169 g/mol. The van der Waals surface area contributed by atoms with Crippen molar-refractivity contribution in [3.05, 3.63) is 11.6 Å². The smallest absolute Gasteiger partial charge is 0.249 e. The third-order valence-corrected chi connectivity index (χ3v) is 2.12. The number of carbonyl (C=O) groups is 1. The molecule has 0 spiro atoms. The molecule has 0 atom stereocenters. The van der Waals surface area contributed by atoms with Crippen molar-refractivity contribution >= 4 is 5.91 Å². The average Bonchev–Trinajstić information content (AvgIpc) is 1.97. The van der Waals surface area contributed by atoms with E-state index in [-0.39, 0.29) is 5.91 Å². The van der Waals surface area contributed by atoms with Crippen molar-refractivity contribution in [2.45, 2.75) is 26.4 Å². The van der Waals surface area contributed by atoms with Crippen LogP contribution in [-0.2, 0) is 4.79 Å². The van der Waals surface area contributed by atoms with Gasteiger partial charge in [0.05, 0.1) is 18.7 Å². The molecule has 68 valence electrons. The first-order chi connectivity index (χ1) is 5.46. The highest BCUT2D eigenvalue weighted by Gasteiger charge is 2.39. The fourth-order valence-electron chi connectivity index (χ4n) is 1.29. The number of allylic oxidation sites excluding steroid dienone is 1. The Balaban J connectivity index is 2.49. The van der Waals surface area contributed by atoms with Crippen molar-refractivity contribution in [3.8, 4) is 0 Å². The molecule has 3 nitrogen and oxygen atoms in total. The first-order valence-corrected chi connectivity index (χ1v) is 4.11. The van der Waals surface area contributed by atoms with Gasteiger partial charge in [0.1, 0.15) is 0 Å². The molecule has 0 bridgehead atoms. The molecule has 1 fully saturated rings. The molecule has 1 saturated heterocycles. The second-order valence-electron chi connectivity index (χ2n) is 3.63. The summed E-state index contributed by atoms with van der Waals surface area (Å²) in [5, 5.41) is 9.37. The second kappa shape index (κ2) is 2.90. The monoisotopic (exact) mass is 169 g/mol. The zero-order chi connectivity index (χ0) is 9.35. The van der Waals surface area contributed by atoms with Crippen LogP contribution in [0, 0.1) is 0 Å². The summed E-state index contributed by atoms with van der Waals surface area (Å²) in [4.78, 5) is 13.0. The molecule has 0 aliphatic carbocycles. The fourth-order valence-corrected chi connectivity index (χ4v) is 1.29. The van der Waals surface area contributed by atoms with Crippen LogP contribution in [0.3, 0.4) is 0 Å². The van der Waals surface area contributed by atoms with Crippen LogP contribution in [0.2, 0.25) is 0 Å². The van der Waals surface area contributed by atoms with Gasteiger partial charge in [0.15, 0.2) is 0 Å². The van der Waals surface area contributed by atoms with Gasteiger partial charge in [-0.1, -0.05) is 6.08 Å². The molecule has 0 radical (unpaired) electrons. The molecule has 0 saturated carbocycles. The van der Waals surface area contributed by atoms with Gasteiger partial charge in [-0.2, -0.15) is 0 Å². The quantitative estimate of drug-likeness (QED) is 0.582. The van der Waals surface area contributed by atoms with Gasteiger partial charge in [-0.15, -0.1) is 0 Å². The molecule has 1 rings (SSSR count). The van der Waals surface area contributed by atoms with E-state index in [0.29, 0.717) is 13.1 Å². The summed E-state index contributed by atoms with van der Waals surface area (Å²) in [5.41, 5.74) is 0.0782. The summed E-state index contributed by atoms with van der Waals surface area (Å²) in [6.07, 6.45) is 1.79. The van der Waals surface area contributed by atoms with Gasteiger partial charge in [0.25, 0.3) is 0 Å².